The lowest BCUT2D eigenvalue weighted by Crippen LogP contribution is -2.39. The van der Waals surface area contributed by atoms with Crippen LogP contribution in [0.4, 0.5) is 0 Å². The van der Waals surface area contributed by atoms with E-state index in [-0.39, 0.29) is 0 Å². The first-order chi connectivity index (χ1) is 10.8. The molecule has 130 valence electrons. The molecular formula is C20H40N2. The van der Waals surface area contributed by atoms with Crippen molar-refractivity contribution in [3.05, 3.63) is 12.4 Å². The molecule has 1 aliphatic rings. The van der Waals surface area contributed by atoms with Gasteiger partial charge in [0, 0.05) is 25.5 Å². The Hall–Kier alpha value is -0.660. The Balaban J connectivity index is 2.24. The molecule has 1 heterocycles. The third-order valence-electron chi connectivity index (χ3n) is 4.78. The quantitative estimate of drug-likeness (QED) is 0.355. The molecule has 0 fully saturated rings. The molecule has 0 aromatic rings. The summed E-state index contributed by atoms with van der Waals surface area (Å²) in [6, 6.07) is 0. The van der Waals surface area contributed by atoms with E-state index in [2.05, 4.69) is 43.0 Å². The summed E-state index contributed by atoms with van der Waals surface area (Å²) < 4.78 is 0. The van der Waals surface area contributed by atoms with E-state index in [1.807, 2.05) is 0 Å². The van der Waals surface area contributed by atoms with Gasteiger partial charge in [-0.15, -0.1) is 0 Å². The molecule has 0 aromatic carbocycles. The molecule has 0 spiro atoms. The molecule has 1 atom stereocenters. The molecule has 2 nitrogen and oxygen atoms in total. The van der Waals surface area contributed by atoms with Gasteiger partial charge in [0.05, 0.1) is 0 Å². The molecule has 0 N–H and O–H groups in total. The summed E-state index contributed by atoms with van der Waals surface area (Å²) in [7, 11) is 0. The minimum atomic E-state index is 0.646. The molecule has 0 saturated heterocycles. The molecule has 1 unspecified atom stereocenters. The van der Waals surface area contributed by atoms with Crippen molar-refractivity contribution in [1.82, 2.24) is 9.80 Å². The van der Waals surface area contributed by atoms with E-state index in [9.17, 15) is 0 Å². The van der Waals surface area contributed by atoms with Gasteiger partial charge in [0.25, 0.3) is 0 Å². The number of unbranched alkanes of at least 4 members (excludes halogenated alkanes) is 8. The molecule has 2 heteroatoms. The molecule has 0 saturated carbocycles. The van der Waals surface area contributed by atoms with Crippen LogP contribution >= 0.6 is 0 Å². The third kappa shape index (κ3) is 7.56. The van der Waals surface area contributed by atoms with Crippen LogP contribution in [0.25, 0.3) is 0 Å². The van der Waals surface area contributed by atoms with Crippen LogP contribution < -0.4 is 0 Å². The third-order valence-corrected chi connectivity index (χ3v) is 4.78. The van der Waals surface area contributed by atoms with E-state index >= 15 is 0 Å². The van der Waals surface area contributed by atoms with Gasteiger partial charge < -0.3 is 9.80 Å². The Labute approximate surface area is 139 Å². The van der Waals surface area contributed by atoms with E-state index < -0.39 is 0 Å². The minimum absolute atomic E-state index is 0.646. The maximum absolute atomic E-state index is 2.60. The molecule has 0 radical (unpaired) electrons. The summed E-state index contributed by atoms with van der Waals surface area (Å²) in [4.78, 5) is 5.17. The Morgan fingerprint density at radius 3 is 1.77 bits per heavy atom. The van der Waals surface area contributed by atoms with Crippen LogP contribution in [0, 0.1) is 0 Å². The van der Waals surface area contributed by atoms with E-state index in [0.29, 0.717) is 6.17 Å². The molecule has 0 bridgehead atoms. The Bertz CT molecular complexity index is 275. The topological polar surface area (TPSA) is 6.48 Å². The van der Waals surface area contributed by atoms with Crippen molar-refractivity contribution < 1.29 is 0 Å². The number of rotatable bonds is 14. The zero-order valence-electron chi connectivity index (χ0n) is 15.5. The van der Waals surface area contributed by atoms with Crippen LogP contribution in [0.1, 0.15) is 97.8 Å². The van der Waals surface area contributed by atoms with Crippen molar-refractivity contribution in [2.45, 2.75) is 104 Å². The van der Waals surface area contributed by atoms with Gasteiger partial charge in [-0.1, -0.05) is 72.1 Å². The highest BCUT2D eigenvalue weighted by Gasteiger charge is 2.24. The fourth-order valence-electron chi connectivity index (χ4n) is 3.43. The predicted octanol–water partition coefficient (Wildman–Crippen LogP) is 6.14. The van der Waals surface area contributed by atoms with Gasteiger partial charge in [-0.25, -0.2) is 0 Å². The standard InChI is InChI=1S/C20H40N2/c1-4-7-9-10-11-12-13-15-20-21(16-6-3)18-19-22(20)17-14-8-5-2/h18-20H,4-17H2,1-3H3. The van der Waals surface area contributed by atoms with Gasteiger partial charge in [0.2, 0.25) is 0 Å². The Morgan fingerprint density at radius 2 is 1.14 bits per heavy atom. The zero-order valence-corrected chi connectivity index (χ0v) is 15.5. The highest BCUT2D eigenvalue weighted by atomic mass is 15.4. The highest BCUT2D eigenvalue weighted by Crippen LogP contribution is 2.22. The van der Waals surface area contributed by atoms with Crippen molar-refractivity contribution in [1.29, 1.82) is 0 Å². The highest BCUT2D eigenvalue weighted by molar-refractivity contribution is 4.96. The molecule has 0 aliphatic carbocycles. The van der Waals surface area contributed by atoms with Gasteiger partial charge in [-0.05, 0) is 25.7 Å². The summed E-state index contributed by atoms with van der Waals surface area (Å²) in [6.07, 6.45) is 21.8. The average Bonchev–Trinajstić information content (AvgIpc) is 2.89. The van der Waals surface area contributed by atoms with Gasteiger partial charge in [-0.3, -0.25) is 0 Å². The van der Waals surface area contributed by atoms with Crippen LogP contribution in [0.15, 0.2) is 12.4 Å². The molecule has 1 aliphatic heterocycles. The minimum Gasteiger partial charge on any atom is -0.356 e. The van der Waals surface area contributed by atoms with Crippen LogP contribution in [0.3, 0.4) is 0 Å². The largest absolute Gasteiger partial charge is 0.356 e. The van der Waals surface area contributed by atoms with Crippen LogP contribution in [-0.2, 0) is 0 Å². The summed E-state index contributed by atoms with van der Waals surface area (Å²) in [6.45, 7) is 9.33. The van der Waals surface area contributed by atoms with Crippen molar-refractivity contribution in [2.75, 3.05) is 13.1 Å². The van der Waals surface area contributed by atoms with Crippen molar-refractivity contribution in [3.8, 4) is 0 Å². The van der Waals surface area contributed by atoms with Crippen LogP contribution in [0.5, 0.6) is 0 Å². The first-order valence-electron chi connectivity index (χ1n) is 10.0. The van der Waals surface area contributed by atoms with E-state index in [4.69, 9.17) is 0 Å². The number of nitrogens with zero attached hydrogens (tertiary/aromatic N) is 2. The monoisotopic (exact) mass is 308 g/mol. The van der Waals surface area contributed by atoms with Gasteiger partial charge in [-0.2, -0.15) is 0 Å². The first kappa shape index (κ1) is 19.4. The lowest BCUT2D eigenvalue weighted by Gasteiger charge is -2.33. The van der Waals surface area contributed by atoms with Crippen LogP contribution in [0.2, 0.25) is 0 Å². The Kier molecular flexibility index (Phi) is 11.3. The normalized spacial score (nSPS) is 17.7. The predicted molar refractivity (Wildman–Crippen MR) is 98.8 cm³/mol. The van der Waals surface area contributed by atoms with Gasteiger partial charge in [0.15, 0.2) is 0 Å². The second-order valence-electron chi connectivity index (χ2n) is 6.87. The SMILES string of the molecule is CCCCCCCCCC1N(CCC)C=CN1CCCCC. The summed E-state index contributed by atoms with van der Waals surface area (Å²) in [5.41, 5.74) is 0. The lowest BCUT2D eigenvalue weighted by molar-refractivity contribution is 0.137. The van der Waals surface area contributed by atoms with Crippen molar-refractivity contribution in [2.24, 2.45) is 0 Å². The smallest absolute Gasteiger partial charge is 0.101 e. The van der Waals surface area contributed by atoms with Crippen molar-refractivity contribution in [3.63, 3.8) is 0 Å². The van der Waals surface area contributed by atoms with Crippen molar-refractivity contribution >= 4 is 0 Å². The van der Waals surface area contributed by atoms with E-state index in [0.717, 1.165) is 0 Å². The fraction of sp³-hybridized carbons (Fsp3) is 0.900. The molecular weight excluding hydrogens is 268 g/mol. The van der Waals surface area contributed by atoms with E-state index in [1.165, 1.54) is 90.1 Å². The van der Waals surface area contributed by atoms with Gasteiger partial charge >= 0.3 is 0 Å². The molecule has 22 heavy (non-hydrogen) atoms. The first-order valence-corrected chi connectivity index (χ1v) is 10.0. The summed E-state index contributed by atoms with van der Waals surface area (Å²) >= 11 is 0. The zero-order chi connectivity index (χ0) is 16.0. The van der Waals surface area contributed by atoms with E-state index in [1.54, 1.807) is 0 Å². The molecule has 1 rings (SSSR count). The maximum Gasteiger partial charge on any atom is 0.101 e. The number of hydrogen-bond acceptors (Lipinski definition) is 2. The fourth-order valence-corrected chi connectivity index (χ4v) is 3.43. The van der Waals surface area contributed by atoms with Crippen LogP contribution in [-0.4, -0.2) is 29.1 Å². The second kappa shape index (κ2) is 12.8. The summed E-state index contributed by atoms with van der Waals surface area (Å²) in [5, 5.41) is 0. The van der Waals surface area contributed by atoms with Gasteiger partial charge in [0.1, 0.15) is 6.17 Å². The lowest BCUT2D eigenvalue weighted by atomic mass is 10.1. The Morgan fingerprint density at radius 1 is 0.591 bits per heavy atom. The average molecular weight is 309 g/mol. The second-order valence-corrected chi connectivity index (χ2v) is 6.87. The molecule has 0 amide bonds. The molecule has 0 aromatic heterocycles. The number of hydrogen-bond donors (Lipinski definition) is 0. The maximum atomic E-state index is 2.60. The summed E-state index contributed by atoms with van der Waals surface area (Å²) in [5.74, 6) is 0.